The van der Waals surface area contributed by atoms with Gasteiger partial charge in [-0.15, -0.1) is 34.9 Å². The fourth-order valence-electron chi connectivity index (χ4n) is 2.49. The molecule has 0 nitrogen and oxygen atoms in total. The molecule has 0 amide bonds. The molecule has 0 spiro atoms. The number of hydrogen-bond donors (Lipinski definition) is 0. The van der Waals surface area contributed by atoms with Crippen LogP contribution in [0.4, 0.5) is 0 Å². The molecule has 3 aromatic rings. The number of rotatable bonds is 4. The van der Waals surface area contributed by atoms with Gasteiger partial charge in [0.1, 0.15) is 0 Å². The molecule has 0 unspecified atom stereocenters. The zero-order valence-electron chi connectivity index (χ0n) is 12.9. The zero-order chi connectivity index (χ0) is 16.2. The monoisotopic (exact) mass is 372 g/mol. The van der Waals surface area contributed by atoms with E-state index in [0.29, 0.717) is 0 Å². The van der Waals surface area contributed by atoms with Crippen LogP contribution in [0.1, 0.15) is 0 Å². The minimum atomic E-state index is 0.954. The summed E-state index contributed by atoms with van der Waals surface area (Å²) < 4.78 is 3.52. The summed E-state index contributed by atoms with van der Waals surface area (Å²) >= 11 is 11.3. The average Bonchev–Trinajstić information content (AvgIpc) is 2.62. The van der Waals surface area contributed by atoms with Gasteiger partial charge >= 0.3 is 0 Å². The molecule has 0 atom stereocenters. The van der Waals surface area contributed by atoms with E-state index in [4.69, 9.17) is 12.2 Å². The van der Waals surface area contributed by atoms with E-state index in [1.165, 1.54) is 30.7 Å². The van der Waals surface area contributed by atoms with Gasteiger partial charge in [0.05, 0.1) is 12.9 Å². The van der Waals surface area contributed by atoms with Gasteiger partial charge in [0, 0.05) is 11.1 Å². The Morgan fingerprint density at radius 2 is 1.09 bits per heavy atom. The van der Waals surface area contributed by atoms with Gasteiger partial charge in [-0.05, 0) is 23.6 Å². The van der Waals surface area contributed by atoms with Crippen molar-refractivity contribution in [2.45, 2.75) is 8.42 Å². The minimum absolute atomic E-state index is 0.954. The van der Waals surface area contributed by atoms with E-state index in [1.54, 1.807) is 23.5 Å². The fraction of sp³-hybridized carbons (Fsp3) is 0.105. The first-order valence-corrected chi connectivity index (χ1v) is 10.8. The quantitative estimate of drug-likeness (QED) is 0.349. The molecule has 23 heavy (non-hydrogen) atoms. The molecule has 0 saturated heterocycles. The van der Waals surface area contributed by atoms with Crippen molar-refractivity contribution in [3.8, 4) is 22.3 Å². The van der Waals surface area contributed by atoms with Crippen LogP contribution in [0.15, 0.2) is 69.1 Å². The number of benzene rings is 2. The van der Waals surface area contributed by atoms with Gasteiger partial charge in [-0.2, -0.15) is 0 Å². The molecule has 1 heterocycles. The Balaban J connectivity index is 2.35. The molecule has 0 N–H and O–H groups in total. The molecular weight excluding hydrogens is 356 g/mol. The highest BCUT2D eigenvalue weighted by molar-refractivity contribution is 8.02. The maximum atomic E-state index is 5.94. The van der Waals surface area contributed by atoms with Crippen LogP contribution >= 0.6 is 47.1 Å². The smallest absolute Gasteiger partial charge is 0.0700 e. The molecule has 0 fully saturated rings. The summed E-state index contributed by atoms with van der Waals surface area (Å²) in [6.07, 6.45) is 4.25. The number of thioether (sulfide) groups is 2. The summed E-state index contributed by atoms with van der Waals surface area (Å²) in [6.45, 7) is 0. The van der Waals surface area contributed by atoms with E-state index in [9.17, 15) is 0 Å². The Hall–Kier alpha value is -1.07. The molecule has 4 heteroatoms. The van der Waals surface area contributed by atoms with Crippen LogP contribution < -0.4 is 0 Å². The topological polar surface area (TPSA) is 0 Å². The second-order valence-electron chi connectivity index (χ2n) is 4.90. The minimum Gasteiger partial charge on any atom is -0.121 e. The lowest BCUT2D eigenvalue weighted by Gasteiger charge is -2.14. The predicted molar refractivity (Wildman–Crippen MR) is 110 cm³/mol. The van der Waals surface area contributed by atoms with Crippen LogP contribution in [0.5, 0.6) is 0 Å². The van der Waals surface area contributed by atoms with Crippen LogP contribution in [0.3, 0.4) is 0 Å². The molecule has 0 bridgehead atoms. The molecule has 0 radical (unpaired) electrons. The molecule has 116 valence electrons. The lowest BCUT2D eigenvalue weighted by molar-refractivity contribution is 1.49. The van der Waals surface area contributed by atoms with E-state index in [-0.39, 0.29) is 0 Å². The Morgan fingerprint density at radius 1 is 0.696 bits per heavy atom. The highest BCUT2D eigenvalue weighted by Gasteiger charge is 2.16. The van der Waals surface area contributed by atoms with Crippen molar-refractivity contribution in [2.24, 2.45) is 0 Å². The third-order valence-electron chi connectivity index (χ3n) is 3.54. The van der Waals surface area contributed by atoms with E-state index in [1.807, 2.05) is 23.5 Å². The van der Waals surface area contributed by atoms with Crippen molar-refractivity contribution < 1.29 is 0 Å². The molecule has 0 aliphatic rings. The second kappa shape index (κ2) is 7.67. The first-order chi connectivity index (χ1) is 11.3. The summed E-state index contributed by atoms with van der Waals surface area (Å²) in [5.41, 5.74) is 4.77. The third kappa shape index (κ3) is 3.41. The van der Waals surface area contributed by atoms with Gasteiger partial charge in [0.25, 0.3) is 0 Å². The molecule has 1 aromatic heterocycles. The van der Waals surface area contributed by atoms with Gasteiger partial charge in [0.15, 0.2) is 0 Å². The largest absolute Gasteiger partial charge is 0.121 e. The Bertz CT molecular complexity index is 783. The molecule has 3 rings (SSSR count). The Kier molecular flexibility index (Phi) is 5.59. The normalized spacial score (nSPS) is 10.7. The van der Waals surface area contributed by atoms with Crippen molar-refractivity contribution >= 4 is 47.1 Å². The third-order valence-corrected chi connectivity index (χ3v) is 7.38. The van der Waals surface area contributed by atoms with Crippen molar-refractivity contribution in [3.63, 3.8) is 0 Å². The van der Waals surface area contributed by atoms with Crippen LogP contribution in [0.25, 0.3) is 22.3 Å². The molecule has 0 saturated carbocycles. The van der Waals surface area contributed by atoms with Crippen molar-refractivity contribution in [3.05, 3.63) is 65.2 Å². The summed E-state index contributed by atoms with van der Waals surface area (Å²) in [5.74, 6) is 0. The summed E-state index contributed by atoms with van der Waals surface area (Å²) in [4.78, 5) is 0. The predicted octanol–water partition coefficient (Wildman–Crippen LogP) is 7.26. The summed E-state index contributed by atoms with van der Waals surface area (Å²) in [7, 11) is 0. The van der Waals surface area contributed by atoms with Gasteiger partial charge < -0.3 is 0 Å². The van der Waals surface area contributed by atoms with E-state index < -0.39 is 0 Å². The van der Waals surface area contributed by atoms with Crippen molar-refractivity contribution in [1.82, 2.24) is 0 Å². The van der Waals surface area contributed by atoms with Gasteiger partial charge in [-0.1, -0.05) is 72.9 Å². The summed E-state index contributed by atoms with van der Waals surface area (Å²) in [6, 6.07) is 21.0. The van der Waals surface area contributed by atoms with E-state index in [2.05, 4.69) is 61.0 Å². The molecular formula is C19H16S4. The average molecular weight is 373 g/mol. The molecule has 2 aromatic carbocycles. The van der Waals surface area contributed by atoms with Crippen LogP contribution in [0.2, 0.25) is 0 Å². The number of hydrogen-bond acceptors (Lipinski definition) is 4. The lowest BCUT2D eigenvalue weighted by Crippen LogP contribution is -1.89. The standard InChI is InChI=1S/C19H16S4/c1-21-18-15(13-9-5-3-6-10-13)17(20)16(19(22-2)23-18)14-11-7-4-8-12-14/h3-12H,1-2H3. The van der Waals surface area contributed by atoms with E-state index >= 15 is 0 Å². The maximum Gasteiger partial charge on any atom is 0.0700 e. The van der Waals surface area contributed by atoms with Crippen molar-refractivity contribution in [1.29, 1.82) is 0 Å². The van der Waals surface area contributed by atoms with Crippen molar-refractivity contribution in [2.75, 3.05) is 12.5 Å². The summed E-state index contributed by atoms with van der Waals surface area (Å²) in [5, 5.41) is 0. The fourth-order valence-corrected chi connectivity index (χ4v) is 6.18. The molecule has 0 aliphatic heterocycles. The highest BCUT2D eigenvalue weighted by atomic mass is 32.2. The van der Waals surface area contributed by atoms with Crippen LogP contribution in [0, 0.1) is 4.51 Å². The van der Waals surface area contributed by atoms with E-state index in [0.717, 1.165) is 4.51 Å². The Labute approximate surface area is 155 Å². The first kappa shape index (κ1) is 16.8. The first-order valence-electron chi connectivity index (χ1n) is 7.16. The van der Waals surface area contributed by atoms with Crippen LogP contribution in [-0.4, -0.2) is 12.5 Å². The van der Waals surface area contributed by atoms with Gasteiger partial charge in [-0.25, -0.2) is 0 Å². The van der Waals surface area contributed by atoms with Crippen LogP contribution in [-0.2, 0) is 0 Å². The maximum absolute atomic E-state index is 5.94. The second-order valence-corrected chi connectivity index (χ2v) is 8.48. The highest BCUT2D eigenvalue weighted by Crippen LogP contribution is 2.45. The molecule has 0 aliphatic carbocycles. The zero-order valence-corrected chi connectivity index (χ0v) is 16.2. The lowest BCUT2D eigenvalue weighted by atomic mass is 10.0. The Morgan fingerprint density at radius 3 is 1.43 bits per heavy atom. The SMILES string of the molecule is CSc1sc(SC)c(-c2ccccc2)c(=S)c1-c1ccccc1. The van der Waals surface area contributed by atoms with Gasteiger partial charge in [0.2, 0.25) is 0 Å². The van der Waals surface area contributed by atoms with Gasteiger partial charge in [-0.3, -0.25) is 0 Å².